The molecule has 0 aromatic rings. The molecule has 0 amide bonds. The van der Waals surface area contributed by atoms with Crippen LogP contribution >= 0.6 is 11.8 Å². The fourth-order valence-electron chi connectivity index (χ4n) is 1.95. The second-order valence-corrected chi connectivity index (χ2v) is 4.70. The number of fused-ring (bicyclic) bond motifs is 1. The van der Waals surface area contributed by atoms with E-state index in [-0.39, 0.29) is 0 Å². The number of rotatable bonds is 2. The maximum atomic E-state index is 2.48. The zero-order valence-corrected chi connectivity index (χ0v) is 7.45. The Balaban J connectivity index is 2.02. The van der Waals surface area contributed by atoms with Crippen LogP contribution in [0.1, 0.15) is 20.3 Å². The van der Waals surface area contributed by atoms with Gasteiger partial charge in [-0.2, -0.15) is 0 Å². The predicted molar refractivity (Wildman–Crippen MR) is 47.0 cm³/mol. The van der Waals surface area contributed by atoms with Crippen molar-refractivity contribution in [1.82, 2.24) is 0 Å². The van der Waals surface area contributed by atoms with Crippen LogP contribution in [-0.4, -0.2) is 5.75 Å². The minimum atomic E-state index is 0.888. The van der Waals surface area contributed by atoms with Crippen LogP contribution in [0.2, 0.25) is 0 Å². The topological polar surface area (TPSA) is 0 Å². The minimum absolute atomic E-state index is 0.888. The molecule has 1 heteroatoms. The number of allylic oxidation sites excluding steroid dienone is 2. The highest BCUT2D eigenvalue weighted by Gasteiger charge is 2.47. The molecule has 0 radical (unpaired) electrons. The molecule has 10 heavy (non-hydrogen) atoms. The Hall–Kier alpha value is 0.0900. The lowest BCUT2D eigenvalue weighted by molar-refractivity contribution is 0.633. The summed E-state index contributed by atoms with van der Waals surface area (Å²) in [6.07, 6.45) is 3.97. The lowest BCUT2D eigenvalue weighted by Crippen LogP contribution is -1.85. The van der Waals surface area contributed by atoms with Gasteiger partial charge in [0.2, 0.25) is 0 Å². The third-order valence-electron chi connectivity index (χ3n) is 2.62. The van der Waals surface area contributed by atoms with Gasteiger partial charge in [0.25, 0.3) is 0 Å². The summed E-state index contributed by atoms with van der Waals surface area (Å²) in [5, 5.41) is 0. The molecule has 0 N–H and O–H groups in total. The van der Waals surface area contributed by atoms with E-state index < -0.39 is 0 Å². The van der Waals surface area contributed by atoms with Gasteiger partial charge in [-0.15, -0.1) is 11.8 Å². The van der Waals surface area contributed by atoms with E-state index in [4.69, 9.17) is 0 Å². The van der Waals surface area contributed by atoms with E-state index >= 15 is 0 Å². The van der Waals surface area contributed by atoms with Gasteiger partial charge in [0, 0.05) is 0 Å². The van der Waals surface area contributed by atoms with Crippen molar-refractivity contribution in [3.63, 3.8) is 0 Å². The van der Waals surface area contributed by atoms with Gasteiger partial charge in [-0.25, -0.2) is 0 Å². The van der Waals surface area contributed by atoms with E-state index in [0.29, 0.717) is 0 Å². The molecule has 1 fully saturated rings. The quantitative estimate of drug-likeness (QED) is 0.589. The average molecular weight is 154 g/mol. The molecule has 0 heterocycles. The monoisotopic (exact) mass is 154 g/mol. The fraction of sp³-hybridized carbons (Fsp3) is 0.778. The molecule has 2 aliphatic rings. The SMILES string of the molecule is CCSC1=CC(C)C2CC12. The molecule has 56 valence electrons. The van der Waals surface area contributed by atoms with Crippen molar-refractivity contribution >= 4 is 11.8 Å². The van der Waals surface area contributed by atoms with Gasteiger partial charge in [-0.05, 0) is 34.8 Å². The number of hydrogen-bond donors (Lipinski definition) is 0. The van der Waals surface area contributed by atoms with Crippen molar-refractivity contribution in [2.24, 2.45) is 17.8 Å². The van der Waals surface area contributed by atoms with Crippen LogP contribution in [-0.2, 0) is 0 Å². The zero-order valence-electron chi connectivity index (χ0n) is 6.63. The van der Waals surface area contributed by atoms with Gasteiger partial charge in [0.1, 0.15) is 0 Å². The lowest BCUT2D eigenvalue weighted by Gasteiger charge is -1.98. The highest BCUT2D eigenvalue weighted by Crippen LogP contribution is 2.57. The van der Waals surface area contributed by atoms with E-state index in [2.05, 4.69) is 31.7 Å². The van der Waals surface area contributed by atoms with Crippen molar-refractivity contribution in [2.75, 3.05) is 5.75 Å². The van der Waals surface area contributed by atoms with Crippen LogP contribution in [0.5, 0.6) is 0 Å². The summed E-state index contributed by atoms with van der Waals surface area (Å²) in [6, 6.07) is 0. The van der Waals surface area contributed by atoms with Crippen LogP contribution in [0.15, 0.2) is 11.0 Å². The van der Waals surface area contributed by atoms with Crippen molar-refractivity contribution in [2.45, 2.75) is 20.3 Å². The molecule has 0 nitrogen and oxygen atoms in total. The Morgan fingerprint density at radius 3 is 2.90 bits per heavy atom. The van der Waals surface area contributed by atoms with E-state index in [9.17, 15) is 0 Å². The van der Waals surface area contributed by atoms with Gasteiger partial charge < -0.3 is 0 Å². The van der Waals surface area contributed by atoms with E-state index in [1.54, 1.807) is 4.91 Å². The summed E-state index contributed by atoms with van der Waals surface area (Å²) in [5.74, 6) is 4.19. The summed E-state index contributed by atoms with van der Waals surface area (Å²) in [5.41, 5.74) is 0. The second-order valence-electron chi connectivity index (χ2n) is 3.37. The molecule has 0 bridgehead atoms. The van der Waals surface area contributed by atoms with Crippen molar-refractivity contribution in [1.29, 1.82) is 0 Å². The fourth-order valence-corrected chi connectivity index (χ4v) is 3.08. The van der Waals surface area contributed by atoms with Gasteiger partial charge >= 0.3 is 0 Å². The number of hydrogen-bond acceptors (Lipinski definition) is 1. The third kappa shape index (κ3) is 0.914. The molecule has 2 rings (SSSR count). The molecule has 0 aromatic heterocycles. The van der Waals surface area contributed by atoms with Crippen LogP contribution in [0.3, 0.4) is 0 Å². The Morgan fingerprint density at radius 1 is 1.70 bits per heavy atom. The van der Waals surface area contributed by atoms with Crippen LogP contribution in [0.4, 0.5) is 0 Å². The van der Waals surface area contributed by atoms with Gasteiger partial charge in [0.05, 0.1) is 0 Å². The molecule has 0 spiro atoms. The van der Waals surface area contributed by atoms with Crippen LogP contribution in [0, 0.1) is 17.8 Å². The molecule has 2 aliphatic carbocycles. The van der Waals surface area contributed by atoms with Gasteiger partial charge in [-0.3, -0.25) is 0 Å². The van der Waals surface area contributed by atoms with Crippen LogP contribution in [0.25, 0.3) is 0 Å². The van der Waals surface area contributed by atoms with Gasteiger partial charge in [0.15, 0.2) is 0 Å². The first-order valence-corrected chi connectivity index (χ1v) is 5.16. The first-order valence-electron chi connectivity index (χ1n) is 4.17. The smallest absolute Gasteiger partial charge is 0.00517 e. The molecule has 0 aliphatic heterocycles. The van der Waals surface area contributed by atoms with Gasteiger partial charge in [-0.1, -0.05) is 19.9 Å². The normalized spacial score (nSPS) is 43.0. The predicted octanol–water partition coefficient (Wildman–Crippen LogP) is 2.91. The zero-order chi connectivity index (χ0) is 7.14. The molecule has 1 saturated carbocycles. The minimum Gasteiger partial charge on any atom is -0.131 e. The average Bonchev–Trinajstić information content (AvgIpc) is 2.59. The Kier molecular flexibility index (Phi) is 1.56. The largest absolute Gasteiger partial charge is 0.131 e. The first kappa shape index (κ1) is 6.78. The molecule has 3 atom stereocenters. The lowest BCUT2D eigenvalue weighted by atomic mass is 10.1. The maximum Gasteiger partial charge on any atom is -0.00517 e. The van der Waals surface area contributed by atoms with Crippen molar-refractivity contribution < 1.29 is 0 Å². The standard InChI is InChI=1S/C9H14S/c1-3-10-9-4-6(2)7-5-8(7)9/h4,6-8H,3,5H2,1-2H3. The summed E-state index contributed by atoms with van der Waals surface area (Å²) in [7, 11) is 0. The van der Waals surface area contributed by atoms with E-state index in [0.717, 1.165) is 17.8 Å². The Morgan fingerprint density at radius 2 is 2.50 bits per heavy atom. The highest BCUT2D eigenvalue weighted by atomic mass is 32.2. The Labute approximate surface area is 67.1 Å². The summed E-state index contributed by atoms with van der Waals surface area (Å²) >= 11 is 2.05. The molecule has 0 aromatic carbocycles. The third-order valence-corrected chi connectivity index (χ3v) is 3.68. The highest BCUT2D eigenvalue weighted by molar-refractivity contribution is 8.03. The van der Waals surface area contributed by atoms with E-state index in [1.807, 2.05) is 0 Å². The Bertz CT molecular complexity index is 172. The first-order chi connectivity index (χ1) is 4.83. The number of thioether (sulfide) groups is 1. The maximum absolute atomic E-state index is 2.48. The van der Waals surface area contributed by atoms with Crippen LogP contribution < -0.4 is 0 Å². The molecular weight excluding hydrogens is 140 g/mol. The van der Waals surface area contributed by atoms with Crippen molar-refractivity contribution in [3.8, 4) is 0 Å². The molecular formula is C9H14S. The van der Waals surface area contributed by atoms with E-state index in [1.165, 1.54) is 12.2 Å². The summed E-state index contributed by atoms with van der Waals surface area (Å²) in [4.78, 5) is 1.69. The molecule has 3 unspecified atom stereocenters. The molecule has 0 saturated heterocycles. The summed E-state index contributed by atoms with van der Waals surface area (Å²) < 4.78 is 0. The summed E-state index contributed by atoms with van der Waals surface area (Å²) in [6.45, 7) is 4.60. The second kappa shape index (κ2) is 2.30. The van der Waals surface area contributed by atoms with Crippen molar-refractivity contribution in [3.05, 3.63) is 11.0 Å².